The summed E-state index contributed by atoms with van der Waals surface area (Å²) >= 11 is 5.48. The topological polar surface area (TPSA) is 18.5 Å². The third-order valence-electron chi connectivity index (χ3n) is 4.07. The van der Waals surface area contributed by atoms with Crippen molar-refractivity contribution in [3.05, 3.63) is 70.0 Å². The van der Waals surface area contributed by atoms with E-state index in [1.165, 1.54) is 15.0 Å². The van der Waals surface area contributed by atoms with Crippen LogP contribution in [0, 0.1) is 0 Å². The largest absolute Gasteiger partial charge is 0.492 e. The van der Waals surface area contributed by atoms with Crippen molar-refractivity contribution in [2.75, 3.05) is 13.2 Å². The lowest BCUT2D eigenvalue weighted by Crippen LogP contribution is -2.02. The van der Waals surface area contributed by atoms with E-state index in [-0.39, 0.29) is 0 Å². The Morgan fingerprint density at radius 1 is 1.12 bits per heavy atom. The molecule has 0 aliphatic carbocycles. The minimum atomic E-state index is 0.482. The lowest BCUT2D eigenvalue weighted by Gasteiger charge is -2.14. The van der Waals surface area contributed by atoms with Crippen molar-refractivity contribution < 1.29 is 9.47 Å². The van der Waals surface area contributed by atoms with Gasteiger partial charge in [0.15, 0.2) is 0 Å². The lowest BCUT2D eigenvalue weighted by atomic mass is 10.1. The van der Waals surface area contributed by atoms with Crippen LogP contribution in [0.3, 0.4) is 0 Å². The summed E-state index contributed by atoms with van der Waals surface area (Å²) in [5, 5.41) is 1.29. The fraction of sp³-hybridized carbons (Fsp3) is 0.273. The highest BCUT2D eigenvalue weighted by molar-refractivity contribution is 9.10. The van der Waals surface area contributed by atoms with Crippen LogP contribution in [0.15, 0.2) is 59.6 Å². The first-order valence-corrected chi connectivity index (χ1v) is 10.5. The summed E-state index contributed by atoms with van der Waals surface area (Å²) in [5.41, 5.74) is 1.15. The Morgan fingerprint density at radius 2 is 1.96 bits per heavy atom. The molecule has 3 rings (SSSR count). The Hall–Kier alpha value is -1.78. The van der Waals surface area contributed by atoms with Crippen molar-refractivity contribution in [2.24, 2.45) is 0 Å². The van der Waals surface area contributed by atoms with E-state index in [0.717, 1.165) is 40.8 Å². The molecule has 0 N–H and O–H groups in total. The van der Waals surface area contributed by atoms with E-state index in [9.17, 15) is 0 Å². The van der Waals surface area contributed by atoms with Gasteiger partial charge < -0.3 is 9.47 Å². The summed E-state index contributed by atoms with van der Waals surface area (Å²) in [6.45, 7) is 7.11. The maximum atomic E-state index is 5.92. The van der Waals surface area contributed by atoms with Crippen molar-refractivity contribution in [1.29, 1.82) is 0 Å². The molecule has 26 heavy (non-hydrogen) atoms. The van der Waals surface area contributed by atoms with Crippen LogP contribution < -0.4 is 9.47 Å². The summed E-state index contributed by atoms with van der Waals surface area (Å²) in [7, 11) is 0. The smallest absolute Gasteiger partial charge is 0.137 e. The van der Waals surface area contributed by atoms with E-state index >= 15 is 0 Å². The molecule has 3 aromatic rings. The Balaban J connectivity index is 1.88. The summed E-state index contributed by atoms with van der Waals surface area (Å²) in [6.07, 6.45) is 4.75. The van der Waals surface area contributed by atoms with Crippen molar-refractivity contribution in [3.63, 3.8) is 0 Å². The predicted octanol–water partition coefficient (Wildman–Crippen LogP) is 7.00. The number of fused-ring (bicyclic) bond motifs is 1. The highest BCUT2D eigenvalue weighted by Crippen LogP contribution is 2.36. The standard InChI is InChI=1S/C22H23BrO2S/c1-3-5-11-25-21-15-20(24-10-4-2)17(14-19(21)23)13-18-12-16-8-6-7-9-22(16)26-18/h4,6-9,12,14-15H,2-3,5,10-11,13H2,1H3. The molecule has 0 amide bonds. The van der Waals surface area contributed by atoms with Gasteiger partial charge in [-0.3, -0.25) is 0 Å². The van der Waals surface area contributed by atoms with Gasteiger partial charge >= 0.3 is 0 Å². The van der Waals surface area contributed by atoms with E-state index in [4.69, 9.17) is 9.47 Å². The summed E-state index contributed by atoms with van der Waals surface area (Å²) in [4.78, 5) is 1.32. The summed E-state index contributed by atoms with van der Waals surface area (Å²) in [5.74, 6) is 1.69. The van der Waals surface area contributed by atoms with Crippen LogP contribution in [0.4, 0.5) is 0 Å². The molecular weight excluding hydrogens is 408 g/mol. The van der Waals surface area contributed by atoms with Gasteiger partial charge in [0, 0.05) is 27.6 Å². The van der Waals surface area contributed by atoms with Gasteiger partial charge in [-0.15, -0.1) is 11.3 Å². The normalized spacial score (nSPS) is 10.8. The molecule has 0 aliphatic heterocycles. The maximum absolute atomic E-state index is 5.92. The van der Waals surface area contributed by atoms with Crippen LogP contribution >= 0.6 is 27.3 Å². The van der Waals surface area contributed by atoms with Gasteiger partial charge in [0.2, 0.25) is 0 Å². The highest BCUT2D eigenvalue weighted by Gasteiger charge is 2.13. The molecule has 1 aromatic heterocycles. The quantitative estimate of drug-likeness (QED) is 0.268. The Bertz CT molecular complexity index is 852. The van der Waals surface area contributed by atoms with E-state index < -0.39 is 0 Å². The monoisotopic (exact) mass is 430 g/mol. The molecule has 0 aliphatic rings. The molecule has 1 heterocycles. The second-order valence-corrected chi connectivity index (χ2v) is 8.14. The highest BCUT2D eigenvalue weighted by atomic mass is 79.9. The molecule has 0 atom stereocenters. The van der Waals surface area contributed by atoms with Crippen LogP contribution in [-0.4, -0.2) is 13.2 Å². The molecule has 0 fully saturated rings. The Labute approximate surface area is 167 Å². The van der Waals surface area contributed by atoms with Gasteiger partial charge in [0.05, 0.1) is 11.1 Å². The first kappa shape index (κ1) is 19.0. The average molecular weight is 431 g/mol. The molecule has 2 nitrogen and oxygen atoms in total. The molecule has 136 valence electrons. The zero-order chi connectivity index (χ0) is 18.4. The fourth-order valence-corrected chi connectivity index (χ4v) is 4.34. The van der Waals surface area contributed by atoms with Crippen LogP contribution in [0.25, 0.3) is 10.1 Å². The van der Waals surface area contributed by atoms with Crippen molar-refractivity contribution in [2.45, 2.75) is 26.2 Å². The number of hydrogen-bond donors (Lipinski definition) is 0. The molecule has 0 bridgehead atoms. The molecule has 0 spiro atoms. The molecule has 2 aromatic carbocycles. The summed E-state index contributed by atoms with van der Waals surface area (Å²) < 4.78 is 14.1. The number of hydrogen-bond acceptors (Lipinski definition) is 3. The van der Waals surface area contributed by atoms with Gasteiger partial charge in [-0.1, -0.05) is 44.2 Å². The lowest BCUT2D eigenvalue weighted by molar-refractivity contribution is 0.302. The molecule has 0 unspecified atom stereocenters. The summed E-state index contributed by atoms with van der Waals surface area (Å²) in [6, 6.07) is 14.9. The number of halogens is 1. The van der Waals surface area contributed by atoms with Gasteiger partial charge in [0.25, 0.3) is 0 Å². The van der Waals surface area contributed by atoms with Crippen molar-refractivity contribution >= 4 is 37.4 Å². The number of unbranched alkanes of at least 4 members (excludes halogenated alkanes) is 1. The van der Waals surface area contributed by atoms with Gasteiger partial charge in [-0.05, 0) is 45.9 Å². The van der Waals surface area contributed by atoms with Crippen LogP contribution in [-0.2, 0) is 6.42 Å². The average Bonchev–Trinajstić information content (AvgIpc) is 3.05. The Kier molecular flexibility index (Phi) is 6.75. The molecule has 4 heteroatoms. The van der Waals surface area contributed by atoms with Crippen LogP contribution in [0.1, 0.15) is 30.2 Å². The molecule has 0 radical (unpaired) electrons. The number of benzene rings is 2. The van der Waals surface area contributed by atoms with Crippen molar-refractivity contribution in [1.82, 2.24) is 0 Å². The predicted molar refractivity (Wildman–Crippen MR) is 115 cm³/mol. The minimum Gasteiger partial charge on any atom is -0.492 e. The number of rotatable bonds is 9. The number of thiophene rings is 1. The van der Waals surface area contributed by atoms with Gasteiger partial charge in [-0.25, -0.2) is 0 Å². The fourth-order valence-electron chi connectivity index (χ4n) is 2.75. The van der Waals surface area contributed by atoms with Gasteiger partial charge in [-0.2, -0.15) is 0 Å². The van der Waals surface area contributed by atoms with Crippen molar-refractivity contribution in [3.8, 4) is 11.5 Å². The number of ether oxygens (including phenoxy) is 2. The molecule has 0 saturated heterocycles. The maximum Gasteiger partial charge on any atom is 0.137 e. The molecular formula is C22H23BrO2S. The zero-order valence-electron chi connectivity index (χ0n) is 15.0. The Morgan fingerprint density at radius 3 is 2.73 bits per heavy atom. The van der Waals surface area contributed by atoms with Crippen LogP contribution in [0.5, 0.6) is 11.5 Å². The van der Waals surface area contributed by atoms with E-state index in [1.54, 1.807) is 6.08 Å². The van der Waals surface area contributed by atoms with E-state index in [0.29, 0.717) is 13.2 Å². The second kappa shape index (κ2) is 9.24. The second-order valence-electron chi connectivity index (χ2n) is 6.12. The van der Waals surface area contributed by atoms with E-state index in [1.807, 2.05) is 17.4 Å². The first-order valence-electron chi connectivity index (χ1n) is 8.87. The molecule has 0 saturated carbocycles. The SMILES string of the molecule is C=CCOc1cc(OCCCC)c(Br)cc1Cc1cc2ccccc2s1. The minimum absolute atomic E-state index is 0.482. The third-order valence-corrected chi connectivity index (χ3v) is 5.80. The third kappa shape index (κ3) is 4.68. The van der Waals surface area contributed by atoms with E-state index in [2.05, 4.69) is 65.8 Å². The van der Waals surface area contributed by atoms with Gasteiger partial charge in [0.1, 0.15) is 18.1 Å². The van der Waals surface area contributed by atoms with Crippen LogP contribution in [0.2, 0.25) is 0 Å². The zero-order valence-corrected chi connectivity index (χ0v) is 17.4. The first-order chi connectivity index (χ1) is 12.7.